The number of rotatable bonds is 6. The van der Waals surface area contributed by atoms with E-state index in [2.05, 4.69) is 4.90 Å². The molecule has 0 aromatic heterocycles. The van der Waals surface area contributed by atoms with Gasteiger partial charge in [-0.2, -0.15) is 0 Å². The summed E-state index contributed by atoms with van der Waals surface area (Å²) in [4.78, 5) is 14.6. The Kier molecular flexibility index (Phi) is 3.84. The minimum absolute atomic E-state index is 0.211. The van der Waals surface area contributed by atoms with Crippen LogP contribution >= 0.6 is 0 Å². The number of hydrogen-bond acceptors (Lipinski definition) is 2. The molecule has 0 bridgehead atoms. The number of carbonyl (C=O) groups excluding carboxylic acids is 1. The molecule has 0 heterocycles. The lowest BCUT2D eigenvalue weighted by Gasteiger charge is -2.34. The Labute approximate surface area is 116 Å². The summed E-state index contributed by atoms with van der Waals surface area (Å²) in [6.45, 7) is 1.90. The van der Waals surface area contributed by atoms with Crippen LogP contribution in [0.5, 0.6) is 0 Å². The van der Waals surface area contributed by atoms with Crippen LogP contribution in [0.25, 0.3) is 0 Å². The fourth-order valence-corrected chi connectivity index (χ4v) is 3.28. The molecule has 3 aliphatic carbocycles. The number of hydrogen-bond donors (Lipinski definition) is 1. The number of carbonyl (C=O) groups is 1. The predicted octanol–water partition coefficient (Wildman–Crippen LogP) is 2.72. The van der Waals surface area contributed by atoms with Crippen LogP contribution in [0.3, 0.4) is 0 Å². The van der Waals surface area contributed by atoms with Crippen LogP contribution in [-0.4, -0.2) is 34.6 Å². The van der Waals surface area contributed by atoms with Crippen molar-refractivity contribution in [3.8, 4) is 0 Å². The molecule has 0 aliphatic heterocycles. The lowest BCUT2D eigenvalue weighted by atomic mass is 9.82. The molecule has 3 fully saturated rings. The molecule has 3 nitrogen and oxygen atoms in total. The van der Waals surface area contributed by atoms with Crippen LogP contribution in [0.4, 0.5) is 0 Å². The van der Waals surface area contributed by atoms with Gasteiger partial charge in [-0.1, -0.05) is 19.3 Å². The lowest BCUT2D eigenvalue weighted by molar-refractivity contribution is -0.138. The molecule has 0 atom stereocenters. The Bertz CT molecular complexity index is 314. The summed E-state index contributed by atoms with van der Waals surface area (Å²) in [6.07, 6.45) is 10.5. The Morgan fingerprint density at radius 2 is 1.53 bits per heavy atom. The summed E-state index contributed by atoms with van der Waals surface area (Å²) < 4.78 is 0. The standard InChI is InChI=1S/C16H27NO2/c18-15(10-16(19)8-2-1-3-9-16)17(11-13-4-5-13)12-14-6-7-14/h13-14,19H,1-12H2. The summed E-state index contributed by atoms with van der Waals surface area (Å²) >= 11 is 0. The van der Waals surface area contributed by atoms with E-state index < -0.39 is 5.60 Å². The SMILES string of the molecule is O=C(CC1(O)CCCCC1)N(CC1CC1)CC1CC1. The molecule has 0 spiro atoms. The van der Waals surface area contributed by atoms with E-state index in [1.165, 1.54) is 32.1 Å². The van der Waals surface area contributed by atoms with Gasteiger partial charge in [-0.3, -0.25) is 4.79 Å². The average Bonchev–Trinajstić information content (AvgIpc) is 3.23. The van der Waals surface area contributed by atoms with Gasteiger partial charge in [0, 0.05) is 13.1 Å². The highest BCUT2D eigenvalue weighted by atomic mass is 16.3. The van der Waals surface area contributed by atoms with Crippen molar-refractivity contribution in [1.29, 1.82) is 0 Å². The van der Waals surface area contributed by atoms with Gasteiger partial charge in [0.05, 0.1) is 12.0 Å². The summed E-state index contributed by atoms with van der Waals surface area (Å²) in [5.41, 5.74) is -0.694. The van der Waals surface area contributed by atoms with E-state index in [9.17, 15) is 9.90 Å². The molecule has 3 heteroatoms. The van der Waals surface area contributed by atoms with E-state index in [4.69, 9.17) is 0 Å². The fraction of sp³-hybridized carbons (Fsp3) is 0.938. The van der Waals surface area contributed by atoms with E-state index >= 15 is 0 Å². The zero-order chi connectivity index (χ0) is 13.3. The van der Waals surface area contributed by atoms with Gasteiger partial charge in [-0.15, -0.1) is 0 Å². The molecule has 0 unspecified atom stereocenters. The maximum atomic E-state index is 12.5. The molecule has 0 aromatic rings. The third-order valence-corrected chi connectivity index (χ3v) is 4.97. The van der Waals surface area contributed by atoms with Crippen molar-refractivity contribution in [2.24, 2.45) is 11.8 Å². The first-order chi connectivity index (χ1) is 9.15. The molecular formula is C16H27NO2. The maximum Gasteiger partial charge on any atom is 0.225 e. The predicted molar refractivity (Wildman–Crippen MR) is 74.7 cm³/mol. The minimum atomic E-state index is -0.694. The molecule has 3 aliphatic rings. The fourth-order valence-electron chi connectivity index (χ4n) is 3.28. The molecule has 1 N–H and O–H groups in total. The first-order valence-corrected chi connectivity index (χ1v) is 8.15. The summed E-state index contributed by atoms with van der Waals surface area (Å²) in [6, 6.07) is 0. The van der Waals surface area contributed by atoms with Crippen molar-refractivity contribution < 1.29 is 9.90 Å². The highest BCUT2D eigenvalue weighted by Crippen LogP contribution is 2.36. The molecule has 0 aromatic carbocycles. The number of nitrogens with zero attached hydrogens (tertiary/aromatic N) is 1. The van der Waals surface area contributed by atoms with Crippen LogP contribution in [0, 0.1) is 11.8 Å². The molecule has 108 valence electrons. The smallest absolute Gasteiger partial charge is 0.225 e. The molecule has 0 saturated heterocycles. The van der Waals surface area contributed by atoms with Gasteiger partial charge >= 0.3 is 0 Å². The monoisotopic (exact) mass is 265 g/mol. The molecule has 1 amide bonds. The summed E-state index contributed by atoms with van der Waals surface area (Å²) in [5, 5.41) is 10.5. The van der Waals surface area contributed by atoms with Gasteiger partial charge in [-0.25, -0.2) is 0 Å². The van der Waals surface area contributed by atoms with Crippen LogP contribution < -0.4 is 0 Å². The second-order valence-corrected chi connectivity index (χ2v) is 7.15. The number of aliphatic hydroxyl groups is 1. The van der Waals surface area contributed by atoms with Crippen molar-refractivity contribution >= 4 is 5.91 Å². The Morgan fingerprint density at radius 3 is 2.00 bits per heavy atom. The van der Waals surface area contributed by atoms with Crippen LogP contribution in [0.2, 0.25) is 0 Å². The van der Waals surface area contributed by atoms with Gasteiger partial charge in [-0.05, 0) is 50.4 Å². The minimum Gasteiger partial charge on any atom is -0.389 e. The molecule has 19 heavy (non-hydrogen) atoms. The van der Waals surface area contributed by atoms with Crippen molar-refractivity contribution in [2.75, 3.05) is 13.1 Å². The third-order valence-electron chi connectivity index (χ3n) is 4.97. The van der Waals surface area contributed by atoms with E-state index in [0.29, 0.717) is 6.42 Å². The maximum absolute atomic E-state index is 12.5. The second kappa shape index (κ2) is 5.43. The van der Waals surface area contributed by atoms with Crippen molar-refractivity contribution in [2.45, 2.75) is 69.8 Å². The summed E-state index contributed by atoms with van der Waals surface area (Å²) in [7, 11) is 0. The lowest BCUT2D eigenvalue weighted by Crippen LogP contribution is -2.42. The zero-order valence-electron chi connectivity index (χ0n) is 11.9. The van der Waals surface area contributed by atoms with Gasteiger partial charge < -0.3 is 10.0 Å². The summed E-state index contributed by atoms with van der Waals surface area (Å²) in [5.74, 6) is 1.72. The highest BCUT2D eigenvalue weighted by molar-refractivity contribution is 5.77. The topological polar surface area (TPSA) is 40.5 Å². The Morgan fingerprint density at radius 1 is 1.00 bits per heavy atom. The molecular weight excluding hydrogens is 238 g/mol. The van der Waals surface area contributed by atoms with Crippen molar-refractivity contribution in [3.63, 3.8) is 0 Å². The second-order valence-electron chi connectivity index (χ2n) is 7.15. The van der Waals surface area contributed by atoms with Gasteiger partial charge in [0.15, 0.2) is 0 Å². The first-order valence-electron chi connectivity index (χ1n) is 8.15. The van der Waals surface area contributed by atoms with Gasteiger partial charge in [0.25, 0.3) is 0 Å². The van der Waals surface area contributed by atoms with Gasteiger partial charge in [0.2, 0.25) is 5.91 Å². The van der Waals surface area contributed by atoms with Crippen LogP contribution in [0.15, 0.2) is 0 Å². The van der Waals surface area contributed by atoms with E-state index in [-0.39, 0.29) is 5.91 Å². The van der Waals surface area contributed by atoms with Crippen LogP contribution in [-0.2, 0) is 4.79 Å². The quantitative estimate of drug-likeness (QED) is 0.802. The molecule has 3 saturated carbocycles. The van der Waals surface area contributed by atoms with Crippen molar-refractivity contribution in [1.82, 2.24) is 4.90 Å². The third kappa shape index (κ3) is 3.95. The van der Waals surface area contributed by atoms with Crippen molar-refractivity contribution in [3.05, 3.63) is 0 Å². The molecule has 3 rings (SSSR count). The van der Waals surface area contributed by atoms with E-state index in [1.54, 1.807) is 0 Å². The van der Waals surface area contributed by atoms with E-state index in [0.717, 1.165) is 50.6 Å². The zero-order valence-corrected chi connectivity index (χ0v) is 11.9. The van der Waals surface area contributed by atoms with Crippen LogP contribution in [0.1, 0.15) is 64.2 Å². The largest absolute Gasteiger partial charge is 0.389 e. The van der Waals surface area contributed by atoms with Gasteiger partial charge in [0.1, 0.15) is 0 Å². The normalized spacial score (nSPS) is 26.2. The Hall–Kier alpha value is -0.570. The van der Waals surface area contributed by atoms with E-state index in [1.807, 2.05) is 0 Å². The number of amides is 1. The highest BCUT2D eigenvalue weighted by Gasteiger charge is 2.36. The first kappa shape index (κ1) is 13.4. The Balaban J connectivity index is 1.54. The molecule has 0 radical (unpaired) electrons. The average molecular weight is 265 g/mol.